The molecule has 1 heterocycles. The van der Waals surface area contributed by atoms with Gasteiger partial charge in [0.05, 0.1) is 10.6 Å². The van der Waals surface area contributed by atoms with Crippen LogP contribution in [0.15, 0.2) is 91.5 Å². The van der Waals surface area contributed by atoms with E-state index in [0.29, 0.717) is 10.9 Å². The van der Waals surface area contributed by atoms with Crippen LogP contribution in [0, 0.1) is 0 Å². The predicted octanol–water partition coefficient (Wildman–Crippen LogP) is 9.42. The van der Waals surface area contributed by atoms with E-state index >= 15 is 0 Å². The van der Waals surface area contributed by atoms with E-state index in [1.807, 2.05) is 54.6 Å². The predicted molar refractivity (Wildman–Crippen MR) is 165 cm³/mol. The van der Waals surface area contributed by atoms with E-state index in [1.54, 1.807) is 16.4 Å². The summed E-state index contributed by atoms with van der Waals surface area (Å²) < 4.78 is 1.71. The monoisotopic (exact) mass is 578 g/mol. The molecule has 4 aromatic rings. The smallest absolute Gasteiger partial charge is 0.218 e. The van der Waals surface area contributed by atoms with Crippen LogP contribution in [0.4, 0.5) is 0 Å². The second kappa shape index (κ2) is 16.0. The lowest BCUT2D eigenvalue weighted by Gasteiger charge is -2.17. The highest BCUT2D eigenvalue weighted by molar-refractivity contribution is 8.02. The molecule has 3 aromatic carbocycles. The number of nitrogens with zero attached hydrogens (tertiary/aromatic N) is 4. The third-order valence-corrected chi connectivity index (χ3v) is 9.47. The van der Waals surface area contributed by atoms with E-state index in [9.17, 15) is 5.11 Å². The molecular formula is C31H38N4OS3. The number of thiol groups is 1. The van der Waals surface area contributed by atoms with Crippen LogP contribution >= 0.6 is 36.2 Å². The third-order valence-electron chi connectivity index (χ3n) is 6.67. The molecule has 0 bridgehead atoms. The van der Waals surface area contributed by atoms with Crippen molar-refractivity contribution < 1.29 is 5.11 Å². The van der Waals surface area contributed by atoms with Crippen molar-refractivity contribution in [3.63, 3.8) is 0 Å². The van der Waals surface area contributed by atoms with Crippen molar-refractivity contribution in [2.45, 2.75) is 102 Å². The minimum atomic E-state index is 0.332. The molecule has 0 saturated carbocycles. The van der Waals surface area contributed by atoms with Crippen molar-refractivity contribution >= 4 is 36.2 Å². The zero-order valence-electron chi connectivity index (χ0n) is 22.6. The normalized spacial score (nSPS) is 11.2. The van der Waals surface area contributed by atoms with Gasteiger partial charge in [-0.15, -0.1) is 17.7 Å². The average molecular weight is 579 g/mol. The summed E-state index contributed by atoms with van der Waals surface area (Å²) in [6.45, 7) is 2.26. The first-order chi connectivity index (χ1) is 19.2. The molecule has 0 unspecified atom stereocenters. The van der Waals surface area contributed by atoms with Crippen LogP contribution < -0.4 is 0 Å². The van der Waals surface area contributed by atoms with Crippen molar-refractivity contribution in [2.24, 2.45) is 0 Å². The molecule has 0 saturated heterocycles. The van der Waals surface area contributed by atoms with Gasteiger partial charge in [0.1, 0.15) is 5.75 Å². The molecule has 0 amide bonds. The first-order valence-corrected chi connectivity index (χ1v) is 16.1. The molecule has 0 radical (unpaired) electrons. The highest BCUT2D eigenvalue weighted by atomic mass is 32.2. The lowest BCUT2D eigenvalue weighted by Crippen LogP contribution is -1.99. The Kier molecular flexibility index (Phi) is 12.1. The number of tetrazole rings is 1. The minimum Gasteiger partial charge on any atom is -0.506 e. The fraction of sp³-hybridized carbons (Fsp3) is 0.387. The number of hydrogen-bond donors (Lipinski definition) is 2. The molecule has 0 aliphatic carbocycles. The van der Waals surface area contributed by atoms with Gasteiger partial charge in [-0.3, -0.25) is 0 Å². The molecule has 0 fully saturated rings. The van der Waals surface area contributed by atoms with Crippen LogP contribution in [0.25, 0.3) is 5.69 Å². The Balaban J connectivity index is 1.47. The zero-order chi connectivity index (χ0) is 27.3. The third kappa shape index (κ3) is 8.78. The molecular weight excluding hydrogens is 541 g/mol. The second-order valence-electron chi connectivity index (χ2n) is 9.72. The Morgan fingerprint density at radius 3 is 2.05 bits per heavy atom. The number of hydrogen-bond acceptors (Lipinski definition) is 7. The Bertz CT molecular complexity index is 1280. The fourth-order valence-corrected chi connectivity index (χ4v) is 7.06. The fourth-order valence-electron chi connectivity index (χ4n) is 4.53. The van der Waals surface area contributed by atoms with Crippen LogP contribution in [0.1, 0.15) is 76.7 Å². The maximum atomic E-state index is 11.5. The summed E-state index contributed by atoms with van der Waals surface area (Å²) in [7, 11) is 0. The summed E-state index contributed by atoms with van der Waals surface area (Å²) in [6, 6.07) is 22.0. The molecule has 4 rings (SSSR count). The second-order valence-corrected chi connectivity index (χ2v) is 12.3. The number of aromatic hydroxyl groups is 1. The van der Waals surface area contributed by atoms with Crippen LogP contribution in [0.5, 0.6) is 5.75 Å². The Morgan fingerprint density at radius 1 is 0.769 bits per heavy atom. The van der Waals surface area contributed by atoms with Gasteiger partial charge >= 0.3 is 0 Å². The van der Waals surface area contributed by atoms with Gasteiger partial charge < -0.3 is 5.11 Å². The van der Waals surface area contributed by atoms with Gasteiger partial charge in [-0.25, -0.2) is 0 Å². The Labute approximate surface area is 246 Å². The highest BCUT2D eigenvalue weighted by Gasteiger charge is 2.21. The maximum Gasteiger partial charge on any atom is 0.218 e. The van der Waals surface area contributed by atoms with Gasteiger partial charge in [-0.1, -0.05) is 113 Å². The number of phenols is 1. The summed E-state index contributed by atoms with van der Waals surface area (Å²) in [5.74, 6) is 0.332. The van der Waals surface area contributed by atoms with E-state index in [0.717, 1.165) is 43.7 Å². The molecule has 206 valence electrons. The number of benzene rings is 3. The minimum absolute atomic E-state index is 0.332. The van der Waals surface area contributed by atoms with Gasteiger partial charge in [0.25, 0.3) is 0 Å². The van der Waals surface area contributed by atoms with Gasteiger partial charge in [-0.2, -0.15) is 4.68 Å². The molecule has 1 aromatic heterocycles. The van der Waals surface area contributed by atoms with E-state index in [2.05, 4.69) is 34.6 Å². The average Bonchev–Trinajstić information content (AvgIpc) is 3.43. The molecule has 0 spiro atoms. The highest BCUT2D eigenvalue weighted by Crippen LogP contribution is 2.48. The molecule has 1 N–H and O–H groups in total. The number of rotatable bonds is 16. The van der Waals surface area contributed by atoms with E-state index in [4.69, 9.17) is 12.6 Å². The SMILES string of the molecule is CCCCCCCCCCCCc1cc(S)c(Sc2nnnn2-c2ccccc2)c(Sc2ccccc2)c1O. The van der Waals surface area contributed by atoms with Crippen molar-refractivity contribution in [1.82, 2.24) is 20.2 Å². The van der Waals surface area contributed by atoms with Crippen molar-refractivity contribution in [3.8, 4) is 11.4 Å². The summed E-state index contributed by atoms with van der Waals surface area (Å²) in [5, 5.41) is 24.5. The first kappa shape index (κ1) is 29.6. The van der Waals surface area contributed by atoms with Crippen LogP contribution in [-0.2, 0) is 6.42 Å². The van der Waals surface area contributed by atoms with Crippen LogP contribution in [-0.4, -0.2) is 25.3 Å². The van der Waals surface area contributed by atoms with E-state index in [1.165, 1.54) is 69.5 Å². The molecule has 5 nitrogen and oxygen atoms in total. The zero-order valence-corrected chi connectivity index (χ0v) is 25.2. The molecule has 0 aliphatic rings. The van der Waals surface area contributed by atoms with Gasteiger partial charge in [-0.05, 0) is 70.9 Å². The van der Waals surface area contributed by atoms with E-state index < -0.39 is 0 Å². The van der Waals surface area contributed by atoms with Gasteiger partial charge in [0.15, 0.2) is 0 Å². The quantitative estimate of drug-likeness (QED) is 0.102. The largest absolute Gasteiger partial charge is 0.506 e. The standard InChI is InChI=1S/C31H38N4OS3/c1-2-3-4-5-6-7-8-9-10-13-18-24-23-27(37)29(30(28(24)36)38-26-21-16-12-17-22-26)39-31-32-33-34-35(31)25-19-14-11-15-20-25/h11-12,14-17,19-23,36-37H,2-10,13,18H2,1H3. The van der Waals surface area contributed by atoms with Crippen molar-refractivity contribution in [3.05, 3.63) is 72.3 Å². The summed E-state index contributed by atoms with van der Waals surface area (Å²) in [5.41, 5.74) is 1.83. The number of aryl methyl sites for hydroxylation is 1. The molecule has 39 heavy (non-hydrogen) atoms. The number of para-hydroxylation sites is 1. The molecule has 0 atom stereocenters. The van der Waals surface area contributed by atoms with E-state index in [-0.39, 0.29) is 0 Å². The lowest BCUT2D eigenvalue weighted by molar-refractivity contribution is 0.448. The summed E-state index contributed by atoms with van der Waals surface area (Å²) in [6.07, 6.45) is 13.7. The van der Waals surface area contributed by atoms with Gasteiger partial charge in [0.2, 0.25) is 5.16 Å². The topological polar surface area (TPSA) is 63.8 Å². The lowest BCUT2D eigenvalue weighted by atomic mass is 10.0. The molecule has 8 heteroatoms. The Morgan fingerprint density at radius 2 is 1.38 bits per heavy atom. The van der Waals surface area contributed by atoms with Gasteiger partial charge in [0, 0.05) is 14.7 Å². The number of phenolic OH excluding ortho intramolecular Hbond substituents is 1. The number of aromatic nitrogens is 4. The summed E-state index contributed by atoms with van der Waals surface area (Å²) in [4.78, 5) is 3.52. The Hall–Kier alpha value is -2.42. The van der Waals surface area contributed by atoms with Crippen molar-refractivity contribution in [2.75, 3.05) is 0 Å². The van der Waals surface area contributed by atoms with Crippen LogP contribution in [0.3, 0.4) is 0 Å². The summed E-state index contributed by atoms with van der Waals surface area (Å²) >= 11 is 7.87. The first-order valence-electron chi connectivity index (χ1n) is 14.0. The maximum absolute atomic E-state index is 11.5. The van der Waals surface area contributed by atoms with Crippen LogP contribution in [0.2, 0.25) is 0 Å². The van der Waals surface area contributed by atoms with Crippen molar-refractivity contribution in [1.29, 1.82) is 0 Å². The number of unbranched alkanes of at least 4 members (excludes halogenated alkanes) is 9. The molecule has 0 aliphatic heterocycles.